The first kappa shape index (κ1) is 13.0. The highest BCUT2D eigenvalue weighted by Crippen LogP contribution is 2.09. The molecule has 0 saturated heterocycles. The summed E-state index contributed by atoms with van der Waals surface area (Å²) in [5.74, 6) is 1.92. The molecule has 0 bridgehead atoms. The SMILES string of the molecule is CCn1cnnc1CNc1nc(N)nc(N(C)C)n1. The van der Waals surface area contributed by atoms with Crippen LogP contribution < -0.4 is 16.0 Å². The maximum Gasteiger partial charge on any atom is 0.231 e. The van der Waals surface area contributed by atoms with Gasteiger partial charge in [0.2, 0.25) is 17.8 Å². The quantitative estimate of drug-likeness (QED) is 0.759. The van der Waals surface area contributed by atoms with Crippen LogP contribution in [-0.4, -0.2) is 43.8 Å². The predicted molar refractivity (Wildman–Crippen MR) is 71.6 cm³/mol. The van der Waals surface area contributed by atoms with E-state index in [4.69, 9.17) is 5.73 Å². The zero-order chi connectivity index (χ0) is 13.8. The molecule has 0 radical (unpaired) electrons. The third kappa shape index (κ3) is 3.06. The summed E-state index contributed by atoms with van der Waals surface area (Å²) >= 11 is 0. The Labute approximate surface area is 110 Å². The fourth-order valence-electron chi connectivity index (χ4n) is 1.50. The first-order valence-electron chi connectivity index (χ1n) is 5.89. The van der Waals surface area contributed by atoms with Gasteiger partial charge in [0.05, 0.1) is 6.54 Å². The molecule has 0 atom stereocenters. The molecule has 2 rings (SSSR count). The van der Waals surface area contributed by atoms with Gasteiger partial charge in [0.15, 0.2) is 5.82 Å². The Balaban J connectivity index is 2.11. The lowest BCUT2D eigenvalue weighted by atomic mass is 10.5. The summed E-state index contributed by atoms with van der Waals surface area (Å²) in [4.78, 5) is 14.1. The molecule has 9 heteroatoms. The van der Waals surface area contributed by atoms with Gasteiger partial charge in [-0.15, -0.1) is 10.2 Å². The zero-order valence-corrected chi connectivity index (χ0v) is 11.2. The highest BCUT2D eigenvalue weighted by Gasteiger charge is 2.07. The number of nitrogens with two attached hydrogens (primary N) is 1. The Morgan fingerprint density at radius 2 is 2.11 bits per heavy atom. The van der Waals surface area contributed by atoms with Gasteiger partial charge in [0, 0.05) is 20.6 Å². The molecule has 0 aromatic carbocycles. The molecule has 0 aliphatic carbocycles. The van der Waals surface area contributed by atoms with E-state index in [-0.39, 0.29) is 5.95 Å². The first-order valence-corrected chi connectivity index (χ1v) is 5.89. The van der Waals surface area contributed by atoms with Crippen molar-refractivity contribution in [3.63, 3.8) is 0 Å². The van der Waals surface area contributed by atoms with Gasteiger partial charge in [-0.25, -0.2) is 0 Å². The molecule has 0 unspecified atom stereocenters. The molecule has 0 amide bonds. The Hall–Kier alpha value is -2.45. The van der Waals surface area contributed by atoms with Gasteiger partial charge < -0.3 is 20.5 Å². The third-order valence-corrected chi connectivity index (χ3v) is 2.48. The van der Waals surface area contributed by atoms with Crippen molar-refractivity contribution in [3.8, 4) is 0 Å². The molecule has 2 aromatic heterocycles. The maximum absolute atomic E-state index is 5.64. The molecule has 102 valence electrons. The number of rotatable bonds is 5. The van der Waals surface area contributed by atoms with Gasteiger partial charge in [-0.3, -0.25) is 0 Å². The second-order valence-corrected chi connectivity index (χ2v) is 4.10. The van der Waals surface area contributed by atoms with E-state index < -0.39 is 0 Å². The number of nitrogen functional groups attached to an aromatic ring is 1. The van der Waals surface area contributed by atoms with Crippen molar-refractivity contribution in [2.24, 2.45) is 0 Å². The first-order chi connectivity index (χ1) is 9.10. The molecule has 0 aliphatic rings. The lowest BCUT2D eigenvalue weighted by Gasteiger charge is -2.12. The molecule has 19 heavy (non-hydrogen) atoms. The van der Waals surface area contributed by atoms with Gasteiger partial charge in [0.1, 0.15) is 6.33 Å². The maximum atomic E-state index is 5.64. The average molecular weight is 263 g/mol. The number of nitrogens with one attached hydrogen (secondary N) is 1. The number of aromatic nitrogens is 6. The van der Waals surface area contributed by atoms with Gasteiger partial charge in [-0.2, -0.15) is 15.0 Å². The highest BCUT2D eigenvalue weighted by atomic mass is 15.3. The second-order valence-electron chi connectivity index (χ2n) is 4.10. The zero-order valence-electron chi connectivity index (χ0n) is 11.2. The standard InChI is InChI=1S/C10H17N9/c1-4-19-6-13-17-7(19)5-12-9-14-8(11)15-10(16-9)18(2)3/h6H,4-5H2,1-3H3,(H3,11,12,14,15,16). The Bertz CT molecular complexity index is 548. The van der Waals surface area contributed by atoms with E-state index in [1.54, 1.807) is 11.2 Å². The summed E-state index contributed by atoms with van der Waals surface area (Å²) in [6.07, 6.45) is 1.68. The van der Waals surface area contributed by atoms with Crippen LogP contribution in [0, 0.1) is 0 Å². The molecular formula is C10H17N9. The smallest absolute Gasteiger partial charge is 0.231 e. The van der Waals surface area contributed by atoms with Crippen molar-refractivity contribution in [1.29, 1.82) is 0 Å². The normalized spacial score (nSPS) is 10.5. The van der Waals surface area contributed by atoms with Crippen LogP contribution in [0.3, 0.4) is 0 Å². The molecule has 0 fully saturated rings. The Morgan fingerprint density at radius 1 is 1.32 bits per heavy atom. The molecule has 3 N–H and O–H groups in total. The van der Waals surface area contributed by atoms with E-state index in [9.17, 15) is 0 Å². The summed E-state index contributed by atoms with van der Waals surface area (Å²) in [7, 11) is 3.68. The minimum Gasteiger partial charge on any atom is -0.368 e. The van der Waals surface area contributed by atoms with Crippen LogP contribution in [0.25, 0.3) is 0 Å². The van der Waals surface area contributed by atoms with E-state index in [0.29, 0.717) is 18.4 Å². The van der Waals surface area contributed by atoms with Crippen LogP contribution in [0.1, 0.15) is 12.7 Å². The van der Waals surface area contributed by atoms with E-state index in [1.807, 2.05) is 25.6 Å². The number of hydrogen-bond acceptors (Lipinski definition) is 8. The number of nitrogens with zero attached hydrogens (tertiary/aromatic N) is 7. The van der Waals surface area contributed by atoms with Crippen molar-refractivity contribution in [3.05, 3.63) is 12.2 Å². The van der Waals surface area contributed by atoms with Crippen LogP contribution >= 0.6 is 0 Å². The van der Waals surface area contributed by atoms with E-state index >= 15 is 0 Å². The highest BCUT2D eigenvalue weighted by molar-refractivity contribution is 5.40. The Morgan fingerprint density at radius 3 is 2.79 bits per heavy atom. The van der Waals surface area contributed by atoms with Gasteiger partial charge in [0.25, 0.3) is 0 Å². The molecule has 2 aromatic rings. The monoisotopic (exact) mass is 263 g/mol. The number of anilines is 3. The van der Waals surface area contributed by atoms with Crippen molar-refractivity contribution in [2.75, 3.05) is 30.0 Å². The van der Waals surface area contributed by atoms with E-state index in [1.165, 1.54) is 0 Å². The van der Waals surface area contributed by atoms with Crippen molar-refractivity contribution in [1.82, 2.24) is 29.7 Å². The summed E-state index contributed by atoms with van der Waals surface area (Å²) < 4.78 is 1.93. The molecular weight excluding hydrogens is 246 g/mol. The van der Waals surface area contributed by atoms with E-state index in [2.05, 4.69) is 30.5 Å². The summed E-state index contributed by atoms with van der Waals surface area (Å²) in [6.45, 7) is 3.31. The molecule has 0 spiro atoms. The lowest BCUT2D eigenvalue weighted by molar-refractivity contribution is 0.706. The van der Waals surface area contributed by atoms with Crippen molar-refractivity contribution in [2.45, 2.75) is 20.0 Å². The summed E-state index contributed by atoms with van der Waals surface area (Å²) in [5, 5.41) is 10.9. The topological polar surface area (TPSA) is 111 Å². The fourth-order valence-corrected chi connectivity index (χ4v) is 1.50. The molecule has 9 nitrogen and oxygen atoms in total. The average Bonchev–Trinajstić information content (AvgIpc) is 2.83. The van der Waals surface area contributed by atoms with Gasteiger partial charge in [-0.1, -0.05) is 0 Å². The largest absolute Gasteiger partial charge is 0.368 e. The number of hydrogen-bond donors (Lipinski definition) is 2. The number of aryl methyl sites for hydroxylation is 1. The fraction of sp³-hybridized carbons (Fsp3) is 0.500. The molecule has 2 heterocycles. The van der Waals surface area contributed by atoms with Crippen molar-refractivity contribution >= 4 is 17.8 Å². The van der Waals surface area contributed by atoms with E-state index in [0.717, 1.165) is 12.4 Å². The van der Waals surface area contributed by atoms with Crippen molar-refractivity contribution < 1.29 is 0 Å². The van der Waals surface area contributed by atoms with Gasteiger partial charge in [-0.05, 0) is 6.92 Å². The van der Waals surface area contributed by atoms with Crippen LogP contribution in [0.2, 0.25) is 0 Å². The van der Waals surface area contributed by atoms with Crippen LogP contribution in [0.15, 0.2) is 6.33 Å². The molecule has 0 aliphatic heterocycles. The summed E-state index contributed by atoms with van der Waals surface area (Å²) in [6, 6.07) is 0. The van der Waals surface area contributed by atoms with Crippen LogP contribution in [-0.2, 0) is 13.1 Å². The Kier molecular flexibility index (Phi) is 3.74. The molecule has 0 saturated carbocycles. The van der Waals surface area contributed by atoms with Gasteiger partial charge >= 0.3 is 0 Å². The summed E-state index contributed by atoms with van der Waals surface area (Å²) in [5.41, 5.74) is 5.64. The van der Waals surface area contributed by atoms with Crippen LogP contribution in [0.4, 0.5) is 17.8 Å². The van der Waals surface area contributed by atoms with Crippen LogP contribution in [0.5, 0.6) is 0 Å². The minimum atomic E-state index is 0.179. The second kappa shape index (κ2) is 5.46. The third-order valence-electron chi connectivity index (χ3n) is 2.48. The lowest BCUT2D eigenvalue weighted by Crippen LogP contribution is -2.17. The minimum absolute atomic E-state index is 0.179. The predicted octanol–water partition coefficient (Wildman–Crippen LogP) is -0.257.